The summed E-state index contributed by atoms with van der Waals surface area (Å²) in [7, 11) is 0. The number of thiophene rings is 1. The van der Waals surface area contributed by atoms with E-state index in [2.05, 4.69) is 0 Å². The van der Waals surface area contributed by atoms with E-state index in [1.807, 2.05) is 17.5 Å². The zero-order valence-corrected chi connectivity index (χ0v) is 9.11. The number of aromatic hydroxyl groups is 3. The second-order valence-electron chi connectivity index (χ2n) is 3.39. The smallest absolute Gasteiger partial charge is 0.128 e. The van der Waals surface area contributed by atoms with Gasteiger partial charge in [0, 0.05) is 17.0 Å². The minimum absolute atomic E-state index is 0.197. The van der Waals surface area contributed by atoms with Crippen molar-refractivity contribution in [1.82, 2.24) is 0 Å². The maximum Gasteiger partial charge on any atom is 0.128 e. The zero-order chi connectivity index (χ0) is 11.7. The van der Waals surface area contributed by atoms with Crippen LogP contribution in [0.3, 0.4) is 0 Å². The molecule has 1 atom stereocenters. The Hall–Kier alpha value is -1.72. The van der Waals surface area contributed by atoms with E-state index >= 15 is 0 Å². The van der Waals surface area contributed by atoms with Gasteiger partial charge in [0.2, 0.25) is 0 Å². The Bertz CT molecular complexity index is 473. The van der Waals surface area contributed by atoms with E-state index in [1.54, 1.807) is 0 Å². The van der Waals surface area contributed by atoms with Crippen molar-refractivity contribution in [1.29, 1.82) is 0 Å². The summed E-state index contributed by atoms with van der Waals surface area (Å²) in [5.74, 6) is -0.617. The summed E-state index contributed by atoms with van der Waals surface area (Å²) in [5, 5.41) is 30.3. The first-order chi connectivity index (χ1) is 7.59. The Morgan fingerprint density at radius 2 is 1.75 bits per heavy atom. The Morgan fingerprint density at radius 1 is 1.12 bits per heavy atom. The van der Waals surface area contributed by atoms with Crippen LogP contribution < -0.4 is 5.73 Å². The zero-order valence-electron chi connectivity index (χ0n) is 8.29. The summed E-state index contributed by atoms with van der Waals surface area (Å²) in [6.45, 7) is 0. The number of phenols is 3. The van der Waals surface area contributed by atoms with Gasteiger partial charge in [0.1, 0.15) is 17.2 Å². The van der Waals surface area contributed by atoms with Crippen LogP contribution in [0.2, 0.25) is 0 Å². The van der Waals surface area contributed by atoms with Crippen LogP contribution in [-0.2, 0) is 0 Å². The minimum Gasteiger partial charge on any atom is -0.508 e. The van der Waals surface area contributed by atoms with Crippen molar-refractivity contribution in [2.75, 3.05) is 0 Å². The molecule has 2 aromatic rings. The molecular weight excluding hydrogens is 226 g/mol. The van der Waals surface area contributed by atoms with Gasteiger partial charge in [0.05, 0.1) is 11.6 Å². The van der Waals surface area contributed by atoms with Crippen LogP contribution in [0.5, 0.6) is 17.2 Å². The van der Waals surface area contributed by atoms with E-state index in [0.29, 0.717) is 0 Å². The van der Waals surface area contributed by atoms with Gasteiger partial charge < -0.3 is 21.1 Å². The second kappa shape index (κ2) is 4.03. The molecule has 0 unspecified atom stereocenters. The van der Waals surface area contributed by atoms with Gasteiger partial charge in [-0.1, -0.05) is 6.07 Å². The summed E-state index contributed by atoms with van der Waals surface area (Å²) in [4.78, 5) is 0.830. The van der Waals surface area contributed by atoms with Crippen LogP contribution in [-0.4, -0.2) is 15.3 Å². The Balaban J connectivity index is 2.48. The largest absolute Gasteiger partial charge is 0.508 e. The minimum atomic E-state index is -0.597. The van der Waals surface area contributed by atoms with E-state index in [0.717, 1.165) is 17.0 Å². The van der Waals surface area contributed by atoms with Crippen molar-refractivity contribution >= 4 is 11.3 Å². The lowest BCUT2D eigenvalue weighted by Crippen LogP contribution is -2.10. The molecule has 0 spiro atoms. The maximum atomic E-state index is 9.65. The van der Waals surface area contributed by atoms with Gasteiger partial charge >= 0.3 is 0 Å². The topological polar surface area (TPSA) is 86.7 Å². The van der Waals surface area contributed by atoms with E-state index in [1.165, 1.54) is 11.3 Å². The second-order valence-corrected chi connectivity index (χ2v) is 4.37. The maximum absolute atomic E-state index is 9.65. The van der Waals surface area contributed by atoms with Gasteiger partial charge in [-0.25, -0.2) is 0 Å². The highest BCUT2D eigenvalue weighted by atomic mass is 32.1. The van der Waals surface area contributed by atoms with Gasteiger partial charge in [0.15, 0.2) is 0 Å². The highest BCUT2D eigenvalue weighted by Crippen LogP contribution is 2.38. The summed E-state index contributed by atoms with van der Waals surface area (Å²) in [5.41, 5.74) is 6.14. The van der Waals surface area contributed by atoms with Crippen LogP contribution in [0.25, 0.3) is 0 Å². The average Bonchev–Trinajstić information content (AvgIpc) is 2.67. The van der Waals surface area contributed by atoms with Gasteiger partial charge in [-0.05, 0) is 11.4 Å². The molecule has 5 heteroatoms. The molecule has 1 aromatic heterocycles. The van der Waals surface area contributed by atoms with Crippen molar-refractivity contribution in [2.24, 2.45) is 5.73 Å². The average molecular weight is 237 g/mol. The summed E-state index contributed by atoms with van der Waals surface area (Å²) in [6, 6.07) is 5.38. The lowest BCUT2D eigenvalue weighted by Gasteiger charge is -2.14. The molecule has 0 radical (unpaired) electrons. The Labute approximate surface area is 96.2 Å². The van der Waals surface area contributed by atoms with Gasteiger partial charge in [0.25, 0.3) is 0 Å². The first-order valence-electron chi connectivity index (χ1n) is 4.63. The Morgan fingerprint density at radius 3 is 2.25 bits per heavy atom. The molecule has 2 rings (SSSR count). The van der Waals surface area contributed by atoms with E-state index in [-0.39, 0.29) is 22.8 Å². The van der Waals surface area contributed by atoms with Crippen LogP contribution in [0.4, 0.5) is 0 Å². The number of hydrogen-bond acceptors (Lipinski definition) is 5. The van der Waals surface area contributed by atoms with Crippen molar-refractivity contribution in [3.05, 3.63) is 40.1 Å². The number of benzene rings is 1. The van der Waals surface area contributed by atoms with Crippen molar-refractivity contribution in [3.8, 4) is 17.2 Å². The predicted octanol–water partition coefficient (Wildman–Crippen LogP) is 1.91. The van der Waals surface area contributed by atoms with Crippen LogP contribution in [0, 0.1) is 0 Å². The molecule has 0 aliphatic carbocycles. The van der Waals surface area contributed by atoms with Crippen molar-refractivity contribution < 1.29 is 15.3 Å². The lowest BCUT2D eigenvalue weighted by atomic mass is 10.0. The fourth-order valence-electron chi connectivity index (χ4n) is 1.54. The summed E-state index contributed by atoms with van der Waals surface area (Å²) in [6.07, 6.45) is 0. The third-order valence-corrected chi connectivity index (χ3v) is 3.24. The lowest BCUT2D eigenvalue weighted by molar-refractivity contribution is 0.416. The fraction of sp³-hybridized carbons (Fsp3) is 0.0909. The standard InChI is InChI=1S/C11H11NO3S/c12-11(9-2-1-3-16-9)10-7(14)4-6(13)5-8(10)15/h1-5,11,13-15H,12H2/t11-/m0/s1. The molecule has 1 aromatic carbocycles. The molecule has 0 aliphatic heterocycles. The third kappa shape index (κ3) is 1.82. The van der Waals surface area contributed by atoms with Crippen molar-refractivity contribution in [3.63, 3.8) is 0 Å². The molecular formula is C11H11NO3S. The quantitative estimate of drug-likeness (QED) is 0.642. The number of hydrogen-bond donors (Lipinski definition) is 4. The number of nitrogens with two attached hydrogens (primary N) is 1. The highest BCUT2D eigenvalue weighted by molar-refractivity contribution is 7.10. The van der Waals surface area contributed by atoms with E-state index < -0.39 is 6.04 Å². The van der Waals surface area contributed by atoms with Crippen molar-refractivity contribution in [2.45, 2.75) is 6.04 Å². The molecule has 0 bridgehead atoms. The van der Waals surface area contributed by atoms with Crippen LogP contribution >= 0.6 is 11.3 Å². The molecule has 0 amide bonds. The normalized spacial score (nSPS) is 12.6. The first-order valence-corrected chi connectivity index (χ1v) is 5.51. The molecule has 1 heterocycles. The van der Waals surface area contributed by atoms with Gasteiger partial charge in [-0.2, -0.15) is 0 Å². The molecule has 5 N–H and O–H groups in total. The fourth-order valence-corrected chi connectivity index (χ4v) is 2.27. The third-order valence-electron chi connectivity index (χ3n) is 2.28. The predicted molar refractivity (Wildman–Crippen MR) is 61.8 cm³/mol. The van der Waals surface area contributed by atoms with E-state index in [4.69, 9.17) is 5.73 Å². The van der Waals surface area contributed by atoms with Gasteiger partial charge in [-0.3, -0.25) is 0 Å². The molecule has 4 nitrogen and oxygen atoms in total. The summed E-state index contributed by atoms with van der Waals surface area (Å²) < 4.78 is 0. The van der Waals surface area contributed by atoms with Crippen LogP contribution in [0.15, 0.2) is 29.6 Å². The SMILES string of the molecule is N[C@@H](c1cccs1)c1c(O)cc(O)cc1O. The van der Waals surface area contributed by atoms with Gasteiger partial charge in [-0.15, -0.1) is 11.3 Å². The molecule has 0 saturated carbocycles. The monoisotopic (exact) mass is 237 g/mol. The van der Waals surface area contributed by atoms with E-state index in [9.17, 15) is 15.3 Å². The number of phenolic OH excluding ortho intramolecular Hbond substituents is 3. The molecule has 0 saturated heterocycles. The molecule has 16 heavy (non-hydrogen) atoms. The highest BCUT2D eigenvalue weighted by Gasteiger charge is 2.19. The number of rotatable bonds is 2. The van der Waals surface area contributed by atoms with Crippen LogP contribution in [0.1, 0.15) is 16.5 Å². The molecule has 0 fully saturated rings. The molecule has 84 valence electrons. The Kier molecular flexibility index (Phi) is 2.72. The summed E-state index contributed by atoms with van der Waals surface area (Å²) >= 11 is 1.44. The molecule has 0 aliphatic rings. The first kappa shape index (κ1) is 10.8.